The van der Waals surface area contributed by atoms with Crippen molar-refractivity contribution in [3.63, 3.8) is 0 Å². The van der Waals surface area contributed by atoms with E-state index in [0.29, 0.717) is 6.07 Å². The first-order valence-electron chi connectivity index (χ1n) is 4.40. The summed E-state index contributed by atoms with van der Waals surface area (Å²) in [5.41, 5.74) is -5.90. The third-order valence-electron chi connectivity index (χ3n) is 1.53. The van der Waals surface area contributed by atoms with E-state index in [9.17, 15) is 26.4 Å². The summed E-state index contributed by atoms with van der Waals surface area (Å²) in [6.45, 7) is 1.55. The fourth-order valence-electron chi connectivity index (χ4n) is 0.819. The molecule has 0 aliphatic heterocycles. The number of hydrogen-bond acceptors (Lipinski definition) is 6. The van der Waals surface area contributed by atoms with Gasteiger partial charge in [-0.3, -0.25) is 5.10 Å². The maximum Gasteiger partial charge on any atom is 0.534 e. The summed E-state index contributed by atoms with van der Waals surface area (Å²) in [7, 11) is -5.81. The summed E-state index contributed by atoms with van der Waals surface area (Å²) in [4.78, 5) is 11.1. The van der Waals surface area contributed by atoms with Crippen LogP contribution in [-0.4, -0.2) is 36.7 Å². The van der Waals surface area contributed by atoms with Gasteiger partial charge < -0.3 is 8.92 Å². The molecule has 0 radical (unpaired) electrons. The molecule has 0 aliphatic carbocycles. The molecule has 7 nitrogen and oxygen atoms in total. The number of halogens is 3. The van der Waals surface area contributed by atoms with Gasteiger partial charge in [0.2, 0.25) is 0 Å². The molecule has 1 heterocycles. The zero-order valence-corrected chi connectivity index (χ0v) is 9.63. The second-order valence-corrected chi connectivity index (χ2v) is 4.36. The Morgan fingerprint density at radius 3 is 2.61 bits per heavy atom. The lowest BCUT2D eigenvalue weighted by molar-refractivity contribution is -0.0501. The van der Waals surface area contributed by atoms with Gasteiger partial charge in [-0.25, -0.2) is 4.79 Å². The molecule has 0 spiro atoms. The van der Waals surface area contributed by atoms with Crippen molar-refractivity contribution < 1.29 is 35.3 Å². The van der Waals surface area contributed by atoms with Crippen LogP contribution >= 0.6 is 0 Å². The summed E-state index contributed by atoms with van der Waals surface area (Å²) in [5, 5.41) is 5.07. The van der Waals surface area contributed by atoms with Crippen molar-refractivity contribution in [1.29, 1.82) is 0 Å². The van der Waals surface area contributed by atoms with E-state index >= 15 is 0 Å². The molecule has 0 aliphatic rings. The van der Waals surface area contributed by atoms with Crippen LogP contribution in [0.25, 0.3) is 0 Å². The summed E-state index contributed by atoms with van der Waals surface area (Å²) < 4.78 is 65.3. The minimum absolute atomic E-state index is 0.0366. The molecule has 1 aromatic rings. The molecular formula is C7H7F3N2O5S. The first-order valence-corrected chi connectivity index (χ1v) is 5.81. The van der Waals surface area contributed by atoms with Crippen LogP contribution in [0.2, 0.25) is 0 Å². The van der Waals surface area contributed by atoms with E-state index in [1.54, 1.807) is 0 Å². The highest BCUT2D eigenvalue weighted by molar-refractivity contribution is 7.87. The van der Waals surface area contributed by atoms with E-state index < -0.39 is 27.5 Å². The van der Waals surface area contributed by atoms with Gasteiger partial charge in [0, 0.05) is 6.07 Å². The number of rotatable bonds is 4. The third-order valence-corrected chi connectivity index (χ3v) is 2.49. The number of ether oxygens (including phenoxy) is 1. The predicted molar refractivity (Wildman–Crippen MR) is 50.1 cm³/mol. The number of esters is 1. The monoisotopic (exact) mass is 288 g/mol. The fraction of sp³-hybridized carbons (Fsp3) is 0.429. The number of nitrogens with one attached hydrogen (secondary N) is 1. The van der Waals surface area contributed by atoms with E-state index in [1.807, 2.05) is 5.10 Å². The number of carbonyl (C=O) groups excluding carboxylic acids is 1. The number of alkyl halides is 3. The molecule has 0 bridgehead atoms. The predicted octanol–water partition coefficient (Wildman–Crippen LogP) is 0.815. The van der Waals surface area contributed by atoms with Gasteiger partial charge in [-0.05, 0) is 6.92 Å². The highest BCUT2D eigenvalue weighted by atomic mass is 32.2. The standard InChI is InChI=1S/C7H7F3N2O5S/c1-2-16-6(13)4-3-5(12-11-4)17-18(14,15)7(8,9)10/h3H,2H2,1H3,(H,11,12). The zero-order valence-electron chi connectivity index (χ0n) is 8.82. The normalized spacial score (nSPS) is 12.2. The van der Waals surface area contributed by atoms with Crippen LogP contribution in [0.1, 0.15) is 17.4 Å². The molecule has 0 unspecified atom stereocenters. The molecule has 0 fully saturated rings. The van der Waals surface area contributed by atoms with Crippen molar-refractivity contribution in [1.82, 2.24) is 10.2 Å². The molecule has 102 valence electrons. The summed E-state index contributed by atoms with van der Waals surface area (Å²) in [5.74, 6) is -1.81. The topological polar surface area (TPSA) is 98.3 Å². The summed E-state index contributed by atoms with van der Waals surface area (Å²) >= 11 is 0. The second-order valence-electron chi connectivity index (χ2n) is 2.82. The highest BCUT2D eigenvalue weighted by Crippen LogP contribution is 2.26. The lowest BCUT2D eigenvalue weighted by atomic mass is 10.4. The maximum absolute atomic E-state index is 12.0. The third kappa shape index (κ3) is 3.12. The van der Waals surface area contributed by atoms with Gasteiger partial charge in [-0.2, -0.15) is 21.6 Å². The Morgan fingerprint density at radius 1 is 1.50 bits per heavy atom. The van der Waals surface area contributed by atoms with Gasteiger partial charge >= 0.3 is 21.6 Å². The molecule has 1 rings (SSSR count). The van der Waals surface area contributed by atoms with Gasteiger partial charge in [-0.1, -0.05) is 0 Å². The Balaban J connectivity index is 2.86. The molecule has 1 N–H and O–H groups in total. The lowest BCUT2D eigenvalue weighted by Crippen LogP contribution is -2.28. The van der Waals surface area contributed by atoms with Gasteiger partial charge in [0.15, 0.2) is 0 Å². The van der Waals surface area contributed by atoms with Crippen LogP contribution in [0.15, 0.2) is 6.07 Å². The van der Waals surface area contributed by atoms with E-state index in [1.165, 1.54) is 6.92 Å². The summed E-state index contributed by atoms with van der Waals surface area (Å²) in [6, 6.07) is 0.682. The number of nitrogens with zero attached hydrogens (tertiary/aromatic N) is 1. The number of H-pyrrole nitrogens is 1. The molecule has 1 aromatic heterocycles. The number of aromatic nitrogens is 2. The Bertz CT molecular complexity index is 536. The van der Waals surface area contributed by atoms with Gasteiger partial charge in [-0.15, -0.1) is 5.10 Å². The van der Waals surface area contributed by atoms with Gasteiger partial charge in [0.1, 0.15) is 5.69 Å². The van der Waals surface area contributed by atoms with Crippen molar-refractivity contribution in [2.24, 2.45) is 0 Å². The molecular weight excluding hydrogens is 281 g/mol. The quantitative estimate of drug-likeness (QED) is 0.500. The average Bonchev–Trinajstić information content (AvgIpc) is 2.64. The van der Waals surface area contributed by atoms with Crippen LogP contribution in [0, 0.1) is 0 Å². The SMILES string of the molecule is CCOC(=O)c1cc(OS(=O)(=O)C(F)(F)F)n[nH]1. The molecule has 0 aromatic carbocycles. The van der Waals surface area contributed by atoms with Gasteiger partial charge in [0.05, 0.1) is 6.61 Å². The Morgan fingerprint density at radius 2 is 2.11 bits per heavy atom. The second kappa shape index (κ2) is 4.84. The number of hydrogen-bond donors (Lipinski definition) is 1. The Hall–Kier alpha value is -1.78. The Labute approximate surface area is 99.0 Å². The zero-order chi connectivity index (χ0) is 14.0. The molecule has 18 heavy (non-hydrogen) atoms. The van der Waals surface area contributed by atoms with Crippen LogP contribution in [0.5, 0.6) is 5.88 Å². The number of carbonyl (C=O) groups is 1. The van der Waals surface area contributed by atoms with Crippen molar-refractivity contribution in [2.45, 2.75) is 12.4 Å². The first kappa shape index (κ1) is 14.3. The van der Waals surface area contributed by atoms with Crippen LogP contribution in [0.4, 0.5) is 13.2 Å². The van der Waals surface area contributed by atoms with Gasteiger partial charge in [0.25, 0.3) is 5.88 Å². The molecule has 11 heteroatoms. The van der Waals surface area contributed by atoms with E-state index in [2.05, 4.69) is 14.0 Å². The van der Waals surface area contributed by atoms with Crippen LogP contribution in [0.3, 0.4) is 0 Å². The number of aromatic amines is 1. The van der Waals surface area contributed by atoms with E-state index in [4.69, 9.17) is 0 Å². The van der Waals surface area contributed by atoms with E-state index in [-0.39, 0.29) is 12.3 Å². The minimum atomic E-state index is -5.81. The molecule has 0 saturated heterocycles. The molecule has 0 amide bonds. The van der Waals surface area contributed by atoms with Crippen LogP contribution in [-0.2, 0) is 14.9 Å². The average molecular weight is 288 g/mol. The minimum Gasteiger partial charge on any atom is -0.461 e. The highest BCUT2D eigenvalue weighted by Gasteiger charge is 2.49. The maximum atomic E-state index is 12.0. The fourth-order valence-corrected chi connectivity index (χ4v) is 1.22. The summed E-state index contributed by atoms with van der Waals surface area (Å²) in [6.07, 6.45) is 0. The van der Waals surface area contributed by atoms with Crippen molar-refractivity contribution in [3.8, 4) is 5.88 Å². The molecule has 0 saturated carbocycles. The lowest BCUT2D eigenvalue weighted by Gasteiger charge is -2.06. The van der Waals surface area contributed by atoms with Crippen molar-refractivity contribution >= 4 is 16.1 Å². The molecule has 0 atom stereocenters. The van der Waals surface area contributed by atoms with Crippen molar-refractivity contribution in [2.75, 3.05) is 6.61 Å². The van der Waals surface area contributed by atoms with Crippen molar-refractivity contribution in [3.05, 3.63) is 11.8 Å². The largest absolute Gasteiger partial charge is 0.534 e. The first-order chi connectivity index (χ1) is 8.17. The van der Waals surface area contributed by atoms with E-state index in [0.717, 1.165) is 0 Å². The smallest absolute Gasteiger partial charge is 0.461 e. The van der Waals surface area contributed by atoms with Crippen LogP contribution < -0.4 is 4.18 Å². The Kier molecular flexibility index (Phi) is 3.84.